The van der Waals surface area contributed by atoms with Crippen LogP contribution in [0.4, 0.5) is 0 Å². The van der Waals surface area contributed by atoms with Gasteiger partial charge >= 0.3 is 0 Å². The lowest BCUT2D eigenvalue weighted by Gasteiger charge is -2.19. The molecule has 4 nitrogen and oxygen atoms in total. The van der Waals surface area contributed by atoms with Crippen LogP contribution in [0.1, 0.15) is 44.7 Å². The molecule has 26 heavy (non-hydrogen) atoms. The number of hydrogen-bond acceptors (Lipinski definition) is 4. The minimum absolute atomic E-state index is 0.155. The number of hydrogen-bond donors (Lipinski definition) is 0. The molecule has 1 aliphatic heterocycles. The first-order valence-electron chi connectivity index (χ1n) is 9.43. The minimum Gasteiger partial charge on any atom is -0.490 e. The number of nitrogens with zero attached hydrogens (tertiary/aromatic N) is 1. The fourth-order valence-electron chi connectivity index (χ4n) is 3.08. The topological polar surface area (TPSA) is 40.6 Å². The van der Waals surface area contributed by atoms with Crippen LogP contribution in [0.2, 0.25) is 0 Å². The maximum Gasteiger partial charge on any atom is 0.213 e. The van der Waals surface area contributed by atoms with Gasteiger partial charge in [-0.3, -0.25) is 0 Å². The van der Waals surface area contributed by atoms with Crippen molar-refractivity contribution >= 4 is 0 Å². The first-order chi connectivity index (χ1) is 12.5. The quantitative estimate of drug-likeness (QED) is 0.683. The third-order valence-electron chi connectivity index (χ3n) is 4.61. The van der Waals surface area contributed by atoms with Crippen molar-refractivity contribution in [2.75, 3.05) is 19.8 Å². The van der Waals surface area contributed by atoms with E-state index < -0.39 is 0 Å². The summed E-state index contributed by atoms with van der Waals surface area (Å²) in [6.07, 6.45) is 5.36. The van der Waals surface area contributed by atoms with Gasteiger partial charge in [0.2, 0.25) is 5.88 Å². The van der Waals surface area contributed by atoms with Gasteiger partial charge in [-0.15, -0.1) is 0 Å². The molecule has 1 aromatic carbocycles. The van der Waals surface area contributed by atoms with Gasteiger partial charge in [0.05, 0.1) is 6.10 Å². The van der Waals surface area contributed by atoms with Crippen LogP contribution in [0.15, 0.2) is 42.6 Å². The van der Waals surface area contributed by atoms with Crippen LogP contribution >= 0.6 is 0 Å². The van der Waals surface area contributed by atoms with Gasteiger partial charge in [-0.25, -0.2) is 4.98 Å². The summed E-state index contributed by atoms with van der Waals surface area (Å²) < 4.78 is 17.2. The number of pyridine rings is 1. The van der Waals surface area contributed by atoms with E-state index in [1.807, 2.05) is 24.3 Å². The first-order valence-corrected chi connectivity index (χ1v) is 9.43. The van der Waals surface area contributed by atoms with Gasteiger partial charge in [0.1, 0.15) is 19.0 Å². The van der Waals surface area contributed by atoms with Crippen LogP contribution in [0.3, 0.4) is 0 Å². The molecule has 1 unspecified atom stereocenters. The number of ether oxygens (including phenoxy) is 3. The van der Waals surface area contributed by atoms with Gasteiger partial charge in [0.25, 0.3) is 0 Å². The highest BCUT2D eigenvalue weighted by Gasteiger charge is 2.16. The van der Waals surface area contributed by atoms with Crippen molar-refractivity contribution in [3.8, 4) is 11.6 Å². The van der Waals surface area contributed by atoms with Crippen LogP contribution in [-0.4, -0.2) is 30.9 Å². The van der Waals surface area contributed by atoms with Gasteiger partial charge in [0, 0.05) is 18.9 Å². The molecular weight excluding hydrogens is 326 g/mol. The highest BCUT2D eigenvalue weighted by Crippen LogP contribution is 2.24. The standard InChI is InChI=1S/C22H29NO3/c1-22(2,3)18-6-8-19(9-7-18)25-13-14-26-21-16-17(10-11-23-21)15-20-5-4-12-24-20/h6-11,16,20H,4-5,12-15H2,1-3H3. The highest BCUT2D eigenvalue weighted by molar-refractivity contribution is 5.31. The Bertz CT molecular complexity index is 685. The number of benzene rings is 1. The van der Waals surface area contributed by atoms with E-state index in [1.54, 1.807) is 6.20 Å². The predicted octanol–water partition coefficient (Wildman–Crippen LogP) is 4.56. The van der Waals surface area contributed by atoms with Crippen molar-refractivity contribution in [1.82, 2.24) is 4.98 Å². The van der Waals surface area contributed by atoms with Crippen molar-refractivity contribution in [2.24, 2.45) is 0 Å². The smallest absolute Gasteiger partial charge is 0.213 e. The third kappa shape index (κ3) is 5.46. The largest absolute Gasteiger partial charge is 0.490 e. The fraction of sp³-hybridized carbons (Fsp3) is 0.500. The van der Waals surface area contributed by atoms with Gasteiger partial charge in [0.15, 0.2) is 0 Å². The van der Waals surface area contributed by atoms with Crippen molar-refractivity contribution in [1.29, 1.82) is 0 Å². The second kappa shape index (κ2) is 8.54. The van der Waals surface area contributed by atoms with Gasteiger partial charge in [-0.1, -0.05) is 32.9 Å². The SMILES string of the molecule is CC(C)(C)c1ccc(OCCOc2cc(CC3CCCO3)ccn2)cc1. The molecule has 1 aliphatic rings. The molecule has 0 bridgehead atoms. The zero-order valence-corrected chi connectivity index (χ0v) is 16.0. The second-order valence-electron chi connectivity index (χ2n) is 7.81. The van der Waals surface area contributed by atoms with E-state index >= 15 is 0 Å². The molecule has 2 heterocycles. The maximum absolute atomic E-state index is 5.76. The summed E-state index contributed by atoms with van der Waals surface area (Å²) in [5.41, 5.74) is 2.66. The van der Waals surface area contributed by atoms with Gasteiger partial charge in [-0.2, -0.15) is 0 Å². The van der Waals surface area contributed by atoms with Crippen molar-refractivity contribution in [3.63, 3.8) is 0 Å². The molecule has 0 saturated carbocycles. The molecule has 1 saturated heterocycles. The zero-order valence-electron chi connectivity index (χ0n) is 16.0. The molecule has 0 spiro atoms. The molecule has 2 aromatic rings. The summed E-state index contributed by atoms with van der Waals surface area (Å²) in [5, 5.41) is 0. The lowest BCUT2D eigenvalue weighted by Crippen LogP contribution is -2.12. The van der Waals surface area contributed by atoms with E-state index in [9.17, 15) is 0 Å². The Kier molecular flexibility index (Phi) is 6.15. The maximum atomic E-state index is 5.76. The predicted molar refractivity (Wildman–Crippen MR) is 103 cm³/mol. The van der Waals surface area contributed by atoms with E-state index in [4.69, 9.17) is 14.2 Å². The Morgan fingerprint density at radius 3 is 2.54 bits per heavy atom. The van der Waals surface area contributed by atoms with Crippen molar-refractivity contribution < 1.29 is 14.2 Å². The molecule has 0 radical (unpaired) electrons. The lowest BCUT2D eigenvalue weighted by molar-refractivity contribution is 0.111. The van der Waals surface area contributed by atoms with E-state index in [0.29, 0.717) is 25.2 Å². The molecule has 0 aliphatic carbocycles. The van der Waals surface area contributed by atoms with Crippen LogP contribution in [0.5, 0.6) is 11.6 Å². The van der Waals surface area contributed by atoms with Crippen LogP contribution in [-0.2, 0) is 16.6 Å². The molecule has 0 N–H and O–H groups in total. The minimum atomic E-state index is 0.155. The van der Waals surface area contributed by atoms with Crippen LogP contribution in [0.25, 0.3) is 0 Å². The molecule has 1 atom stereocenters. The molecule has 1 aromatic heterocycles. The van der Waals surface area contributed by atoms with Gasteiger partial charge < -0.3 is 14.2 Å². The van der Waals surface area contributed by atoms with Gasteiger partial charge in [-0.05, 0) is 54.0 Å². The van der Waals surface area contributed by atoms with E-state index in [2.05, 4.69) is 37.9 Å². The van der Waals surface area contributed by atoms with E-state index in [1.165, 1.54) is 11.1 Å². The molecule has 3 rings (SSSR count). The first kappa shape index (κ1) is 18.7. The summed E-state index contributed by atoms with van der Waals surface area (Å²) in [7, 11) is 0. The summed E-state index contributed by atoms with van der Waals surface area (Å²) in [4.78, 5) is 4.28. The van der Waals surface area contributed by atoms with Crippen LogP contribution < -0.4 is 9.47 Å². The Balaban J connectivity index is 1.43. The Labute approximate surface area is 156 Å². The molecular formula is C22H29NO3. The lowest BCUT2D eigenvalue weighted by atomic mass is 9.87. The molecule has 0 amide bonds. The second-order valence-corrected chi connectivity index (χ2v) is 7.81. The average molecular weight is 355 g/mol. The zero-order chi connectivity index (χ0) is 18.4. The average Bonchev–Trinajstić information content (AvgIpc) is 3.12. The van der Waals surface area contributed by atoms with Crippen molar-refractivity contribution in [3.05, 3.63) is 53.7 Å². The number of aromatic nitrogens is 1. The van der Waals surface area contributed by atoms with Crippen molar-refractivity contribution in [2.45, 2.75) is 51.6 Å². The Morgan fingerprint density at radius 2 is 1.85 bits per heavy atom. The molecule has 1 fully saturated rings. The Morgan fingerprint density at radius 1 is 1.08 bits per heavy atom. The van der Waals surface area contributed by atoms with Crippen LogP contribution in [0, 0.1) is 0 Å². The summed E-state index contributed by atoms with van der Waals surface area (Å²) in [5.74, 6) is 1.51. The summed E-state index contributed by atoms with van der Waals surface area (Å²) >= 11 is 0. The summed E-state index contributed by atoms with van der Waals surface area (Å²) in [6.45, 7) is 8.46. The number of rotatable bonds is 7. The van der Waals surface area contributed by atoms with E-state index in [0.717, 1.165) is 31.6 Å². The highest BCUT2D eigenvalue weighted by atomic mass is 16.5. The fourth-order valence-corrected chi connectivity index (χ4v) is 3.08. The van der Waals surface area contributed by atoms with E-state index in [-0.39, 0.29) is 5.41 Å². The monoisotopic (exact) mass is 355 g/mol. The molecule has 4 heteroatoms. The third-order valence-corrected chi connectivity index (χ3v) is 4.61. The molecule has 140 valence electrons. The Hall–Kier alpha value is -2.07. The summed E-state index contributed by atoms with van der Waals surface area (Å²) in [6, 6.07) is 12.3. The normalized spacial score (nSPS) is 17.3.